The fraction of sp³-hybridized carbons (Fsp3) is 0.571. The molecule has 4 fully saturated rings. The normalized spacial score (nSPS) is 21.1. The molecule has 8 nitrogen and oxygen atoms in total. The second-order valence-electron chi connectivity index (χ2n) is 10.8. The maximum Gasteiger partial charge on any atom is 0.258 e. The summed E-state index contributed by atoms with van der Waals surface area (Å²) >= 11 is 1.80. The van der Waals surface area contributed by atoms with Crippen molar-refractivity contribution in [3.63, 3.8) is 0 Å². The van der Waals surface area contributed by atoms with Crippen LogP contribution in [0.4, 0.5) is 23.0 Å². The molecule has 2 aliphatic carbocycles. The molecule has 4 aliphatic rings. The highest BCUT2D eigenvalue weighted by Gasteiger charge is 2.44. The number of morpholine rings is 1. The Hall–Kier alpha value is -2.49. The minimum atomic E-state index is -0.105. The highest BCUT2D eigenvalue weighted by Crippen LogP contribution is 2.54. The van der Waals surface area contributed by atoms with Gasteiger partial charge in [-0.3, -0.25) is 4.79 Å². The number of nitrogens with zero attached hydrogens (tertiary/aromatic N) is 3. The summed E-state index contributed by atoms with van der Waals surface area (Å²) < 4.78 is 9.35. The van der Waals surface area contributed by atoms with Crippen LogP contribution in [-0.4, -0.2) is 67.2 Å². The first-order valence-corrected chi connectivity index (χ1v) is 14.2. The van der Waals surface area contributed by atoms with Crippen LogP contribution in [-0.2, 0) is 4.74 Å². The van der Waals surface area contributed by atoms with Crippen molar-refractivity contribution in [2.45, 2.75) is 50.2 Å². The van der Waals surface area contributed by atoms with Crippen molar-refractivity contribution in [2.24, 2.45) is 5.41 Å². The third-order valence-corrected chi connectivity index (χ3v) is 9.28. The molecular weight excluding hydrogens is 486 g/mol. The molecule has 1 spiro atoms. The van der Waals surface area contributed by atoms with Gasteiger partial charge in [0.2, 0.25) is 0 Å². The van der Waals surface area contributed by atoms with Crippen LogP contribution in [0, 0.1) is 5.41 Å². The number of carbonyl (C=O) groups excluding carboxylic acids is 1. The first-order valence-electron chi connectivity index (χ1n) is 13.4. The molecule has 2 aliphatic heterocycles. The van der Waals surface area contributed by atoms with E-state index in [0.717, 1.165) is 50.5 Å². The number of benzene rings is 1. The van der Waals surface area contributed by atoms with Crippen molar-refractivity contribution in [3.05, 3.63) is 42.0 Å². The summed E-state index contributed by atoms with van der Waals surface area (Å²) in [6.45, 7) is 7.37. The molecule has 0 unspecified atom stereocenters. The highest BCUT2D eigenvalue weighted by atomic mass is 32.2. The largest absolute Gasteiger partial charge is 0.400 e. The van der Waals surface area contributed by atoms with Gasteiger partial charge in [0.15, 0.2) is 0 Å². The zero-order valence-corrected chi connectivity index (χ0v) is 22.8. The smallest absolute Gasteiger partial charge is 0.258 e. The van der Waals surface area contributed by atoms with Gasteiger partial charge in [-0.05, 0) is 93.1 Å². The van der Waals surface area contributed by atoms with Gasteiger partial charge in [-0.15, -0.1) is 0 Å². The van der Waals surface area contributed by atoms with Gasteiger partial charge in [-0.2, -0.15) is 0 Å². The van der Waals surface area contributed by atoms with Gasteiger partial charge in [0.1, 0.15) is 11.6 Å². The van der Waals surface area contributed by atoms with Crippen molar-refractivity contribution < 1.29 is 14.6 Å². The first kappa shape index (κ1) is 26.1. The minimum absolute atomic E-state index is 0.105. The third kappa shape index (κ3) is 6.33. The Balaban J connectivity index is 0.00000137. The number of pyridine rings is 1. The van der Waals surface area contributed by atoms with Crippen LogP contribution in [0.5, 0.6) is 0 Å². The van der Waals surface area contributed by atoms with Crippen LogP contribution < -0.4 is 19.8 Å². The lowest BCUT2D eigenvalue weighted by atomic mass is 9.93. The van der Waals surface area contributed by atoms with E-state index >= 15 is 0 Å². The van der Waals surface area contributed by atoms with Gasteiger partial charge in [0.25, 0.3) is 5.91 Å². The predicted molar refractivity (Wildman–Crippen MR) is 152 cm³/mol. The topological polar surface area (TPSA) is 90.0 Å². The number of anilines is 4. The molecule has 0 bridgehead atoms. The van der Waals surface area contributed by atoms with Crippen molar-refractivity contribution in [1.82, 2.24) is 4.98 Å². The van der Waals surface area contributed by atoms with E-state index in [1.165, 1.54) is 38.5 Å². The van der Waals surface area contributed by atoms with Gasteiger partial charge in [0.05, 0.1) is 24.5 Å². The Morgan fingerprint density at radius 3 is 2.38 bits per heavy atom. The van der Waals surface area contributed by atoms with Crippen LogP contribution in [0.1, 0.15) is 55.8 Å². The van der Waals surface area contributed by atoms with Gasteiger partial charge in [0, 0.05) is 43.7 Å². The molecular formula is C28H39N5O3S. The molecule has 2 aromatic rings. The molecule has 3 heterocycles. The van der Waals surface area contributed by atoms with E-state index in [-0.39, 0.29) is 5.91 Å². The average Bonchev–Trinajstić information content (AvgIpc) is 3.88. The summed E-state index contributed by atoms with van der Waals surface area (Å²) in [6, 6.07) is 12.0. The van der Waals surface area contributed by atoms with E-state index in [4.69, 9.17) is 14.8 Å². The van der Waals surface area contributed by atoms with Crippen LogP contribution >= 0.6 is 11.9 Å². The van der Waals surface area contributed by atoms with Crippen LogP contribution in [0.25, 0.3) is 0 Å². The number of rotatable bonds is 7. The number of nitrogens with one attached hydrogen (secondary N) is 2. The number of piperidine rings is 1. The molecule has 37 heavy (non-hydrogen) atoms. The quantitative estimate of drug-likeness (QED) is 0.446. The standard InChI is InChI=1S/C27H35N5O2S.CH4O/c1-26(7-8-26)35-30-20-5-6-21(22(19-20)31-13-11-27(9-10-27)12-14-31)25(33)29-23-3-2-4-24(28-23)32-15-17-34-18-16-32;1-2/h2-6,19,30H,7-18H2,1H3,(H,28,29,33);2H,1H3. The van der Waals surface area contributed by atoms with Crippen LogP contribution in [0.2, 0.25) is 0 Å². The van der Waals surface area contributed by atoms with Crippen LogP contribution in [0.15, 0.2) is 36.4 Å². The summed E-state index contributed by atoms with van der Waals surface area (Å²) in [7, 11) is 1.00. The summed E-state index contributed by atoms with van der Waals surface area (Å²) in [6.07, 6.45) is 7.70. The summed E-state index contributed by atoms with van der Waals surface area (Å²) in [5.41, 5.74) is 3.39. The molecule has 6 rings (SSSR count). The SMILES string of the molecule is CC1(SNc2ccc(C(=O)Nc3cccc(N4CCOCC4)n3)c(N3CCC4(CC3)CC4)c2)CC1.CO. The number of aliphatic hydroxyl groups excluding tert-OH is 1. The Bertz CT molecular complexity index is 1090. The number of aliphatic hydroxyl groups is 1. The fourth-order valence-electron chi connectivity index (χ4n) is 5.05. The van der Waals surface area contributed by atoms with Gasteiger partial charge >= 0.3 is 0 Å². The van der Waals surface area contributed by atoms with E-state index in [2.05, 4.69) is 32.8 Å². The average molecular weight is 526 g/mol. The van der Waals surface area contributed by atoms with Crippen molar-refractivity contribution >= 4 is 40.9 Å². The predicted octanol–water partition coefficient (Wildman–Crippen LogP) is 4.77. The molecule has 1 aromatic heterocycles. The van der Waals surface area contributed by atoms with E-state index < -0.39 is 0 Å². The number of carbonyl (C=O) groups is 1. The van der Waals surface area contributed by atoms with Crippen molar-refractivity contribution in [2.75, 3.05) is 66.3 Å². The zero-order chi connectivity index (χ0) is 25.9. The monoisotopic (exact) mass is 525 g/mol. The van der Waals surface area contributed by atoms with E-state index in [1.54, 1.807) is 11.9 Å². The molecule has 9 heteroatoms. The maximum atomic E-state index is 13.5. The summed E-state index contributed by atoms with van der Waals surface area (Å²) in [5, 5.41) is 10.1. The number of hydrogen-bond acceptors (Lipinski definition) is 8. The van der Waals surface area contributed by atoms with E-state index in [0.29, 0.717) is 34.8 Å². The molecule has 2 saturated carbocycles. The lowest BCUT2D eigenvalue weighted by Gasteiger charge is -2.35. The Labute approximate surface area is 224 Å². The molecule has 2 saturated heterocycles. The Morgan fingerprint density at radius 2 is 1.70 bits per heavy atom. The number of ether oxygens (including phenoxy) is 1. The zero-order valence-electron chi connectivity index (χ0n) is 22.0. The fourth-order valence-corrected chi connectivity index (χ4v) is 5.85. The summed E-state index contributed by atoms with van der Waals surface area (Å²) in [5.74, 6) is 1.36. The van der Waals surface area contributed by atoms with Gasteiger partial charge < -0.3 is 29.7 Å². The van der Waals surface area contributed by atoms with Crippen LogP contribution in [0.3, 0.4) is 0 Å². The Morgan fingerprint density at radius 1 is 0.973 bits per heavy atom. The molecule has 0 atom stereocenters. The number of amides is 1. The lowest BCUT2D eigenvalue weighted by Crippen LogP contribution is -2.37. The lowest BCUT2D eigenvalue weighted by molar-refractivity contribution is 0.102. The second kappa shape index (κ2) is 11.1. The van der Waals surface area contributed by atoms with E-state index in [1.807, 2.05) is 30.3 Å². The molecule has 1 amide bonds. The molecule has 0 radical (unpaired) electrons. The third-order valence-electron chi connectivity index (χ3n) is 8.04. The van der Waals surface area contributed by atoms with Crippen molar-refractivity contribution in [3.8, 4) is 0 Å². The minimum Gasteiger partial charge on any atom is -0.400 e. The maximum absolute atomic E-state index is 13.5. The number of aromatic nitrogens is 1. The molecule has 1 aromatic carbocycles. The Kier molecular flexibility index (Phi) is 7.83. The number of hydrogen-bond donors (Lipinski definition) is 3. The molecule has 3 N–H and O–H groups in total. The second-order valence-corrected chi connectivity index (χ2v) is 12.2. The van der Waals surface area contributed by atoms with E-state index in [9.17, 15) is 4.79 Å². The molecule has 200 valence electrons. The summed E-state index contributed by atoms with van der Waals surface area (Å²) in [4.78, 5) is 22.8. The van der Waals surface area contributed by atoms with Gasteiger partial charge in [-0.25, -0.2) is 4.98 Å². The first-order chi connectivity index (χ1) is 18.0. The highest BCUT2D eigenvalue weighted by molar-refractivity contribution is 8.02. The van der Waals surface area contributed by atoms with Crippen molar-refractivity contribution in [1.29, 1.82) is 0 Å². The van der Waals surface area contributed by atoms with Gasteiger partial charge in [-0.1, -0.05) is 6.07 Å².